The molecule has 1 unspecified atom stereocenters. The molecule has 1 aliphatic rings. The molecule has 3 rings (SSSR count). The van der Waals surface area contributed by atoms with Gasteiger partial charge in [-0.2, -0.15) is 0 Å². The Morgan fingerprint density at radius 3 is 2.69 bits per heavy atom. The lowest BCUT2D eigenvalue weighted by molar-refractivity contribution is 0.0747. The molecule has 1 saturated heterocycles. The number of furan rings is 1. The Morgan fingerprint density at radius 2 is 1.96 bits per heavy atom. The summed E-state index contributed by atoms with van der Waals surface area (Å²) in [4.78, 5) is 14.5. The number of methoxy groups -OCH3 is 3. The van der Waals surface area contributed by atoms with Crippen molar-refractivity contribution >= 4 is 5.91 Å². The Morgan fingerprint density at radius 1 is 1.15 bits per heavy atom. The minimum atomic E-state index is -0.0536. The normalized spacial score (nSPS) is 16.7. The lowest BCUT2D eigenvalue weighted by atomic mass is 9.98. The van der Waals surface area contributed by atoms with E-state index in [0.29, 0.717) is 24.0 Å². The average molecular weight is 359 g/mol. The Labute approximate surface area is 153 Å². The van der Waals surface area contributed by atoms with Crippen molar-refractivity contribution in [1.82, 2.24) is 4.90 Å². The summed E-state index contributed by atoms with van der Waals surface area (Å²) in [6.45, 7) is 1.85. The number of rotatable bonds is 7. The Balaban J connectivity index is 1.60. The van der Waals surface area contributed by atoms with Crippen LogP contribution >= 0.6 is 0 Å². The fraction of sp³-hybridized carbons (Fsp3) is 0.450. The first kappa shape index (κ1) is 18.3. The summed E-state index contributed by atoms with van der Waals surface area (Å²) in [5.74, 6) is 2.87. The van der Waals surface area contributed by atoms with Crippen molar-refractivity contribution in [3.05, 3.63) is 47.4 Å². The van der Waals surface area contributed by atoms with Crippen LogP contribution in [0, 0.1) is 5.92 Å². The van der Waals surface area contributed by atoms with E-state index in [1.807, 2.05) is 17.0 Å². The molecule has 2 heterocycles. The monoisotopic (exact) mass is 359 g/mol. The smallest absolute Gasteiger partial charge is 0.289 e. The zero-order valence-electron chi connectivity index (χ0n) is 15.5. The summed E-state index contributed by atoms with van der Waals surface area (Å²) < 4.78 is 21.2. The lowest BCUT2D eigenvalue weighted by Gasteiger charge is -2.16. The molecule has 0 aliphatic carbocycles. The summed E-state index contributed by atoms with van der Waals surface area (Å²) in [6.07, 6.45) is 1.88. The highest BCUT2D eigenvalue weighted by Gasteiger charge is 2.28. The van der Waals surface area contributed by atoms with Crippen LogP contribution in [0.15, 0.2) is 34.7 Å². The van der Waals surface area contributed by atoms with E-state index in [1.54, 1.807) is 33.5 Å². The van der Waals surface area contributed by atoms with Gasteiger partial charge < -0.3 is 23.5 Å². The second-order valence-electron chi connectivity index (χ2n) is 6.50. The van der Waals surface area contributed by atoms with E-state index in [1.165, 1.54) is 5.56 Å². The number of nitrogens with zero attached hydrogens (tertiary/aromatic N) is 1. The first-order valence-electron chi connectivity index (χ1n) is 8.72. The zero-order valence-corrected chi connectivity index (χ0v) is 15.5. The number of benzene rings is 1. The summed E-state index contributed by atoms with van der Waals surface area (Å²) >= 11 is 0. The van der Waals surface area contributed by atoms with E-state index < -0.39 is 0 Å². The number of carbonyl (C=O) groups is 1. The Kier molecular flexibility index (Phi) is 5.83. The predicted molar refractivity (Wildman–Crippen MR) is 96.7 cm³/mol. The molecule has 6 nitrogen and oxygen atoms in total. The SMILES string of the molecule is COCc1ccc(C(=O)N2CCC(Cc3ccc(OC)c(OC)c3)C2)o1. The summed E-state index contributed by atoms with van der Waals surface area (Å²) in [7, 11) is 4.87. The molecule has 140 valence electrons. The van der Waals surface area contributed by atoms with Crippen molar-refractivity contribution in [2.45, 2.75) is 19.4 Å². The van der Waals surface area contributed by atoms with Gasteiger partial charge in [0.15, 0.2) is 17.3 Å². The number of likely N-dealkylation sites (tertiary alicyclic amines) is 1. The van der Waals surface area contributed by atoms with E-state index in [9.17, 15) is 4.79 Å². The van der Waals surface area contributed by atoms with Gasteiger partial charge >= 0.3 is 0 Å². The van der Waals surface area contributed by atoms with Crippen LogP contribution in [0.2, 0.25) is 0 Å². The molecular weight excluding hydrogens is 334 g/mol. The van der Waals surface area contributed by atoms with Crippen LogP contribution in [0.1, 0.15) is 28.3 Å². The molecule has 1 aromatic heterocycles. The summed E-state index contributed by atoms with van der Waals surface area (Å²) in [5.41, 5.74) is 1.18. The highest BCUT2D eigenvalue weighted by molar-refractivity contribution is 5.91. The molecule has 0 bridgehead atoms. The fourth-order valence-electron chi connectivity index (χ4n) is 3.39. The van der Waals surface area contributed by atoms with E-state index in [2.05, 4.69) is 6.07 Å². The molecule has 1 fully saturated rings. The van der Waals surface area contributed by atoms with Gasteiger partial charge in [-0.25, -0.2) is 0 Å². The van der Waals surface area contributed by atoms with Gasteiger partial charge in [0.2, 0.25) is 0 Å². The van der Waals surface area contributed by atoms with Gasteiger partial charge in [-0.05, 0) is 48.6 Å². The van der Waals surface area contributed by atoms with E-state index in [0.717, 1.165) is 37.4 Å². The summed E-state index contributed by atoms with van der Waals surface area (Å²) in [5, 5.41) is 0. The number of ether oxygens (including phenoxy) is 3. The van der Waals surface area contributed by atoms with Gasteiger partial charge in [-0.15, -0.1) is 0 Å². The molecule has 1 amide bonds. The third-order valence-corrected chi connectivity index (χ3v) is 4.70. The molecule has 0 saturated carbocycles. The number of amides is 1. The third kappa shape index (κ3) is 4.02. The van der Waals surface area contributed by atoms with Crippen molar-refractivity contribution in [1.29, 1.82) is 0 Å². The molecule has 1 atom stereocenters. The van der Waals surface area contributed by atoms with E-state index in [-0.39, 0.29) is 5.91 Å². The quantitative estimate of drug-likeness (QED) is 0.760. The molecule has 6 heteroatoms. The van der Waals surface area contributed by atoms with E-state index in [4.69, 9.17) is 18.6 Å². The lowest BCUT2D eigenvalue weighted by Crippen LogP contribution is -2.28. The minimum Gasteiger partial charge on any atom is -0.493 e. The molecule has 1 aliphatic heterocycles. The van der Waals surface area contributed by atoms with Crippen molar-refractivity contribution in [3.8, 4) is 11.5 Å². The molecule has 1 aromatic carbocycles. The maximum absolute atomic E-state index is 12.6. The van der Waals surface area contributed by atoms with Gasteiger partial charge in [-0.3, -0.25) is 4.79 Å². The van der Waals surface area contributed by atoms with Crippen molar-refractivity contribution < 1.29 is 23.4 Å². The van der Waals surface area contributed by atoms with Crippen LogP contribution < -0.4 is 9.47 Å². The first-order valence-corrected chi connectivity index (χ1v) is 8.72. The highest BCUT2D eigenvalue weighted by atomic mass is 16.5. The van der Waals surface area contributed by atoms with Gasteiger partial charge in [0.05, 0.1) is 14.2 Å². The minimum absolute atomic E-state index is 0.0536. The molecule has 0 radical (unpaired) electrons. The van der Waals surface area contributed by atoms with Crippen LogP contribution in [-0.2, 0) is 17.8 Å². The molecule has 0 spiro atoms. The maximum atomic E-state index is 12.6. The topological polar surface area (TPSA) is 61.1 Å². The largest absolute Gasteiger partial charge is 0.493 e. The fourth-order valence-corrected chi connectivity index (χ4v) is 3.39. The van der Waals surface area contributed by atoms with E-state index >= 15 is 0 Å². The second kappa shape index (κ2) is 8.27. The van der Waals surface area contributed by atoms with Crippen molar-refractivity contribution in [2.24, 2.45) is 5.92 Å². The van der Waals surface area contributed by atoms with Crippen LogP contribution in [-0.4, -0.2) is 45.2 Å². The van der Waals surface area contributed by atoms with Crippen molar-refractivity contribution in [3.63, 3.8) is 0 Å². The number of hydrogen-bond acceptors (Lipinski definition) is 5. The number of hydrogen-bond donors (Lipinski definition) is 0. The predicted octanol–water partition coefficient (Wildman–Crippen LogP) is 3.15. The zero-order chi connectivity index (χ0) is 18.5. The standard InChI is InChI=1S/C20H25NO5/c1-23-13-16-5-7-18(26-16)20(22)21-9-8-15(12-21)10-14-4-6-17(24-2)19(11-14)25-3/h4-7,11,15H,8-10,12-13H2,1-3H3. The highest BCUT2D eigenvalue weighted by Crippen LogP contribution is 2.30. The van der Waals surface area contributed by atoms with Crippen molar-refractivity contribution in [2.75, 3.05) is 34.4 Å². The summed E-state index contributed by atoms with van der Waals surface area (Å²) in [6, 6.07) is 9.49. The average Bonchev–Trinajstić information content (AvgIpc) is 3.31. The first-order chi connectivity index (χ1) is 12.6. The molecule has 0 N–H and O–H groups in total. The van der Waals surface area contributed by atoms with Crippen LogP contribution in [0.3, 0.4) is 0 Å². The van der Waals surface area contributed by atoms with Gasteiger partial charge in [0.1, 0.15) is 12.4 Å². The number of carbonyl (C=O) groups excluding carboxylic acids is 1. The molecule has 2 aromatic rings. The van der Waals surface area contributed by atoms with Gasteiger partial charge in [0, 0.05) is 20.2 Å². The molecular formula is C20H25NO5. The molecule has 26 heavy (non-hydrogen) atoms. The second-order valence-corrected chi connectivity index (χ2v) is 6.50. The Bertz CT molecular complexity index is 754. The van der Waals surface area contributed by atoms with Gasteiger partial charge in [0.25, 0.3) is 5.91 Å². The Hall–Kier alpha value is -2.47. The van der Waals surface area contributed by atoms with Gasteiger partial charge in [-0.1, -0.05) is 6.07 Å². The van der Waals surface area contributed by atoms with Crippen LogP contribution in [0.4, 0.5) is 0 Å². The maximum Gasteiger partial charge on any atom is 0.289 e. The van der Waals surface area contributed by atoms with Crippen LogP contribution in [0.25, 0.3) is 0 Å². The van der Waals surface area contributed by atoms with Crippen LogP contribution in [0.5, 0.6) is 11.5 Å². The third-order valence-electron chi connectivity index (χ3n) is 4.70.